The van der Waals surface area contributed by atoms with Crippen LogP contribution in [0.15, 0.2) is 30.3 Å². The van der Waals surface area contributed by atoms with Crippen LogP contribution in [0.2, 0.25) is 0 Å². The standard InChI is InChI=1S/C17H24O2/c1-3-5-11-17(4-2,16(18)19)15-12-14(15)13-9-7-6-8-10-13/h6-10,14-15H,3-5,11-12H2,1-2H3,(H,18,19). The summed E-state index contributed by atoms with van der Waals surface area (Å²) < 4.78 is 0. The summed E-state index contributed by atoms with van der Waals surface area (Å²) in [4.78, 5) is 11.8. The van der Waals surface area contributed by atoms with E-state index in [4.69, 9.17) is 0 Å². The average Bonchev–Trinajstić information content (AvgIpc) is 3.22. The second-order valence-electron chi connectivity index (χ2n) is 5.78. The molecule has 1 aromatic rings. The molecular formula is C17H24O2. The van der Waals surface area contributed by atoms with Crippen LogP contribution in [-0.2, 0) is 4.79 Å². The van der Waals surface area contributed by atoms with Crippen molar-refractivity contribution in [2.45, 2.75) is 51.9 Å². The molecule has 3 atom stereocenters. The molecule has 2 nitrogen and oxygen atoms in total. The Morgan fingerprint density at radius 3 is 2.53 bits per heavy atom. The third-order valence-corrected chi connectivity index (χ3v) is 4.76. The second kappa shape index (κ2) is 5.77. The summed E-state index contributed by atoms with van der Waals surface area (Å²) in [6.45, 7) is 4.16. The van der Waals surface area contributed by atoms with Gasteiger partial charge in [0.25, 0.3) is 0 Å². The SMILES string of the molecule is CCCCC(CC)(C(=O)O)C1CC1c1ccccc1. The Labute approximate surface area is 115 Å². The van der Waals surface area contributed by atoms with Gasteiger partial charge >= 0.3 is 5.97 Å². The van der Waals surface area contributed by atoms with Gasteiger partial charge in [-0.05, 0) is 36.7 Å². The molecule has 0 aromatic heterocycles. The summed E-state index contributed by atoms with van der Waals surface area (Å²) in [7, 11) is 0. The molecule has 0 heterocycles. The van der Waals surface area contributed by atoms with E-state index in [1.54, 1.807) is 0 Å². The number of aliphatic carboxylic acids is 1. The Balaban J connectivity index is 2.16. The van der Waals surface area contributed by atoms with E-state index >= 15 is 0 Å². The molecular weight excluding hydrogens is 236 g/mol. The van der Waals surface area contributed by atoms with Crippen molar-refractivity contribution >= 4 is 5.97 Å². The summed E-state index contributed by atoms with van der Waals surface area (Å²) in [6.07, 6.45) is 4.68. The fourth-order valence-electron chi connectivity index (χ4n) is 3.41. The van der Waals surface area contributed by atoms with Gasteiger partial charge in [-0.1, -0.05) is 57.0 Å². The van der Waals surface area contributed by atoms with Crippen molar-refractivity contribution < 1.29 is 9.90 Å². The van der Waals surface area contributed by atoms with Crippen molar-refractivity contribution in [2.24, 2.45) is 11.3 Å². The fourth-order valence-corrected chi connectivity index (χ4v) is 3.41. The van der Waals surface area contributed by atoms with Crippen LogP contribution in [0, 0.1) is 11.3 Å². The Kier molecular flexibility index (Phi) is 4.28. The van der Waals surface area contributed by atoms with Crippen LogP contribution in [0.3, 0.4) is 0 Å². The lowest BCUT2D eigenvalue weighted by Gasteiger charge is -2.29. The van der Waals surface area contributed by atoms with Gasteiger partial charge < -0.3 is 5.11 Å². The summed E-state index contributed by atoms with van der Waals surface area (Å²) >= 11 is 0. The number of hydrogen-bond acceptors (Lipinski definition) is 1. The Hall–Kier alpha value is -1.31. The molecule has 1 aromatic carbocycles. The maximum Gasteiger partial charge on any atom is 0.309 e. The normalized spacial score (nSPS) is 24.7. The first-order valence-electron chi connectivity index (χ1n) is 7.44. The summed E-state index contributed by atoms with van der Waals surface area (Å²) in [5, 5.41) is 9.73. The number of carboxylic acids is 1. The van der Waals surface area contributed by atoms with Crippen molar-refractivity contribution in [3.05, 3.63) is 35.9 Å². The minimum Gasteiger partial charge on any atom is -0.481 e. The highest BCUT2D eigenvalue weighted by molar-refractivity contribution is 5.76. The van der Waals surface area contributed by atoms with E-state index in [1.807, 2.05) is 25.1 Å². The van der Waals surface area contributed by atoms with Crippen molar-refractivity contribution in [3.63, 3.8) is 0 Å². The third kappa shape index (κ3) is 2.68. The highest BCUT2D eigenvalue weighted by Crippen LogP contribution is 2.60. The van der Waals surface area contributed by atoms with Crippen LogP contribution < -0.4 is 0 Å². The van der Waals surface area contributed by atoms with Gasteiger partial charge in [0.1, 0.15) is 0 Å². The molecule has 19 heavy (non-hydrogen) atoms. The van der Waals surface area contributed by atoms with Crippen LogP contribution in [0.4, 0.5) is 0 Å². The van der Waals surface area contributed by atoms with Crippen LogP contribution in [0.1, 0.15) is 57.4 Å². The Morgan fingerprint density at radius 1 is 1.32 bits per heavy atom. The van der Waals surface area contributed by atoms with Gasteiger partial charge in [-0.3, -0.25) is 4.79 Å². The zero-order valence-corrected chi connectivity index (χ0v) is 11.9. The van der Waals surface area contributed by atoms with Crippen molar-refractivity contribution in [1.29, 1.82) is 0 Å². The summed E-state index contributed by atoms with van der Waals surface area (Å²) in [5.74, 6) is 0.185. The van der Waals surface area contributed by atoms with Gasteiger partial charge in [0, 0.05) is 0 Å². The van der Waals surface area contributed by atoms with Gasteiger partial charge in [-0.15, -0.1) is 0 Å². The van der Waals surface area contributed by atoms with E-state index in [0.717, 1.165) is 32.1 Å². The Bertz CT molecular complexity index is 426. The van der Waals surface area contributed by atoms with Gasteiger partial charge in [-0.25, -0.2) is 0 Å². The van der Waals surface area contributed by atoms with E-state index in [-0.39, 0.29) is 0 Å². The highest BCUT2D eigenvalue weighted by atomic mass is 16.4. The first kappa shape index (κ1) is 14.1. The highest BCUT2D eigenvalue weighted by Gasteiger charge is 2.55. The maximum absolute atomic E-state index is 11.8. The third-order valence-electron chi connectivity index (χ3n) is 4.76. The molecule has 0 bridgehead atoms. The second-order valence-corrected chi connectivity index (χ2v) is 5.78. The average molecular weight is 260 g/mol. The molecule has 0 saturated heterocycles. The molecule has 2 rings (SSSR count). The first-order valence-corrected chi connectivity index (χ1v) is 7.44. The van der Waals surface area contributed by atoms with Gasteiger partial charge in [0.05, 0.1) is 5.41 Å². The summed E-state index contributed by atoms with van der Waals surface area (Å²) in [6, 6.07) is 10.4. The largest absolute Gasteiger partial charge is 0.481 e. The monoisotopic (exact) mass is 260 g/mol. The first-order chi connectivity index (χ1) is 9.15. The quantitative estimate of drug-likeness (QED) is 0.785. The smallest absolute Gasteiger partial charge is 0.309 e. The molecule has 1 aliphatic carbocycles. The van der Waals surface area contributed by atoms with Crippen molar-refractivity contribution in [1.82, 2.24) is 0 Å². The predicted octanol–water partition coefficient (Wildman–Crippen LogP) is 4.46. The van der Waals surface area contributed by atoms with Crippen molar-refractivity contribution in [2.75, 3.05) is 0 Å². The van der Waals surface area contributed by atoms with Crippen molar-refractivity contribution in [3.8, 4) is 0 Å². The minimum absolute atomic E-state index is 0.323. The molecule has 104 valence electrons. The zero-order valence-electron chi connectivity index (χ0n) is 11.9. The van der Waals surface area contributed by atoms with E-state index in [0.29, 0.717) is 11.8 Å². The molecule has 1 fully saturated rings. The minimum atomic E-state index is -0.591. The number of carbonyl (C=O) groups is 1. The maximum atomic E-state index is 11.8. The van der Waals surface area contributed by atoms with Gasteiger partial charge in [0.15, 0.2) is 0 Å². The van der Waals surface area contributed by atoms with Crippen LogP contribution in [0.25, 0.3) is 0 Å². The number of hydrogen-bond donors (Lipinski definition) is 1. The topological polar surface area (TPSA) is 37.3 Å². The number of benzene rings is 1. The molecule has 0 spiro atoms. The molecule has 0 amide bonds. The molecule has 0 aliphatic heterocycles. The van der Waals surface area contributed by atoms with E-state index in [2.05, 4.69) is 19.1 Å². The molecule has 3 unspecified atom stereocenters. The number of unbranched alkanes of at least 4 members (excludes halogenated alkanes) is 1. The Morgan fingerprint density at radius 2 is 2.00 bits per heavy atom. The van der Waals surface area contributed by atoms with E-state index in [9.17, 15) is 9.90 Å². The molecule has 1 N–H and O–H groups in total. The lowest BCUT2D eigenvalue weighted by molar-refractivity contribution is -0.151. The van der Waals surface area contributed by atoms with Crippen LogP contribution in [0.5, 0.6) is 0 Å². The molecule has 0 radical (unpaired) electrons. The van der Waals surface area contributed by atoms with Gasteiger partial charge in [0.2, 0.25) is 0 Å². The molecule has 2 heteroatoms. The van der Waals surface area contributed by atoms with Crippen LogP contribution in [-0.4, -0.2) is 11.1 Å². The lowest BCUT2D eigenvalue weighted by atomic mass is 9.74. The predicted molar refractivity (Wildman–Crippen MR) is 77.2 cm³/mol. The zero-order chi connectivity index (χ0) is 13.9. The van der Waals surface area contributed by atoms with E-state index in [1.165, 1.54) is 5.56 Å². The molecule has 1 aliphatic rings. The lowest BCUT2D eigenvalue weighted by Crippen LogP contribution is -2.33. The summed E-state index contributed by atoms with van der Waals surface area (Å²) in [5.41, 5.74) is 0.805. The number of rotatable bonds is 7. The number of carboxylic acid groups (broad SMARTS) is 1. The molecule has 1 saturated carbocycles. The van der Waals surface area contributed by atoms with Crippen LogP contribution >= 0.6 is 0 Å². The fraction of sp³-hybridized carbons (Fsp3) is 0.588. The van der Waals surface area contributed by atoms with Gasteiger partial charge in [-0.2, -0.15) is 0 Å². The van der Waals surface area contributed by atoms with E-state index < -0.39 is 11.4 Å².